The summed E-state index contributed by atoms with van der Waals surface area (Å²) in [6.07, 6.45) is 61.0. The second-order valence-corrected chi connectivity index (χ2v) is 17.8. The van der Waals surface area contributed by atoms with Crippen LogP contribution in [0, 0.1) is 0 Å². The Bertz CT molecular complexity index is 1090. The molecule has 62 heavy (non-hydrogen) atoms. The molecule has 0 spiro atoms. The lowest BCUT2D eigenvalue weighted by Crippen LogP contribution is -2.30. The van der Waals surface area contributed by atoms with Gasteiger partial charge in [0, 0.05) is 19.3 Å². The second kappa shape index (κ2) is 51.0. The van der Waals surface area contributed by atoms with Gasteiger partial charge in [0.2, 0.25) is 0 Å². The molecule has 0 bridgehead atoms. The Kier molecular flexibility index (Phi) is 48.8. The van der Waals surface area contributed by atoms with Crippen LogP contribution in [0.15, 0.2) is 48.6 Å². The molecular weight excluding hydrogens is 769 g/mol. The van der Waals surface area contributed by atoms with Crippen molar-refractivity contribution in [2.24, 2.45) is 0 Å². The third kappa shape index (κ3) is 48.4. The molecule has 6 heteroatoms. The fraction of sp³-hybridized carbons (Fsp3) is 0.804. The molecule has 1 atom stereocenters. The van der Waals surface area contributed by atoms with Crippen molar-refractivity contribution in [3.05, 3.63) is 48.6 Å². The molecule has 0 saturated carbocycles. The van der Waals surface area contributed by atoms with Gasteiger partial charge in [0.05, 0.1) is 0 Å². The van der Waals surface area contributed by atoms with Crippen molar-refractivity contribution >= 4 is 17.9 Å². The van der Waals surface area contributed by atoms with Crippen LogP contribution in [0.1, 0.15) is 271 Å². The van der Waals surface area contributed by atoms with Gasteiger partial charge in [-0.1, -0.05) is 204 Å². The topological polar surface area (TPSA) is 78.9 Å². The minimum Gasteiger partial charge on any atom is -0.462 e. The van der Waals surface area contributed by atoms with Gasteiger partial charge in [-0.25, -0.2) is 0 Å². The van der Waals surface area contributed by atoms with Crippen molar-refractivity contribution < 1.29 is 28.6 Å². The lowest BCUT2D eigenvalue weighted by Gasteiger charge is -2.18. The lowest BCUT2D eigenvalue weighted by molar-refractivity contribution is -0.167. The molecule has 0 aliphatic carbocycles. The normalized spacial score (nSPS) is 12.4. The number of unbranched alkanes of at least 4 members (excludes halogenated alkanes) is 29. The number of hydrogen-bond acceptors (Lipinski definition) is 6. The zero-order valence-electron chi connectivity index (χ0n) is 41.1. The minimum absolute atomic E-state index is 0.0825. The van der Waals surface area contributed by atoms with E-state index in [4.69, 9.17) is 14.2 Å². The van der Waals surface area contributed by atoms with Crippen LogP contribution in [-0.4, -0.2) is 37.2 Å². The van der Waals surface area contributed by atoms with E-state index in [1.54, 1.807) is 0 Å². The number of carbonyl (C=O) groups excluding carboxylic acids is 3. The monoisotopic (exact) mass is 869 g/mol. The highest BCUT2D eigenvalue weighted by Crippen LogP contribution is 2.14. The first-order valence-corrected chi connectivity index (χ1v) is 26.6. The molecule has 0 aliphatic heterocycles. The number of allylic oxidation sites excluding steroid dienone is 8. The average Bonchev–Trinajstić information content (AvgIpc) is 3.27. The van der Waals surface area contributed by atoms with Crippen molar-refractivity contribution in [2.75, 3.05) is 13.2 Å². The molecule has 0 fully saturated rings. The average molecular weight is 869 g/mol. The van der Waals surface area contributed by atoms with Crippen molar-refractivity contribution in [1.29, 1.82) is 0 Å². The van der Waals surface area contributed by atoms with E-state index in [0.29, 0.717) is 19.3 Å². The Morgan fingerprint density at radius 3 is 0.984 bits per heavy atom. The summed E-state index contributed by atoms with van der Waals surface area (Å²) in [5.41, 5.74) is 0. The van der Waals surface area contributed by atoms with Gasteiger partial charge >= 0.3 is 17.9 Å². The summed E-state index contributed by atoms with van der Waals surface area (Å²) in [5.74, 6) is -0.902. The van der Waals surface area contributed by atoms with Crippen molar-refractivity contribution in [3.8, 4) is 0 Å². The number of rotatable bonds is 48. The summed E-state index contributed by atoms with van der Waals surface area (Å²) in [6.45, 7) is 6.55. The van der Waals surface area contributed by atoms with Crippen LogP contribution in [0.5, 0.6) is 0 Å². The fourth-order valence-electron chi connectivity index (χ4n) is 7.47. The maximum atomic E-state index is 12.8. The third-order valence-electron chi connectivity index (χ3n) is 11.5. The molecule has 360 valence electrons. The van der Waals surface area contributed by atoms with E-state index in [2.05, 4.69) is 69.4 Å². The van der Waals surface area contributed by atoms with Crippen LogP contribution in [-0.2, 0) is 28.6 Å². The van der Waals surface area contributed by atoms with Crippen LogP contribution < -0.4 is 0 Å². The summed E-state index contributed by atoms with van der Waals surface area (Å²) >= 11 is 0. The summed E-state index contributed by atoms with van der Waals surface area (Å²) in [5, 5.41) is 0. The highest BCUT2D eigenvalue weighted by Gasteiger charge is 2.19. The van der Waals surface area contributed by atoms with Crippen LogP contribution in [0.3, 0.4) is 0 Å². The highest BCUT2D eigenvalue weighted by molar-refractivity contribution is 5.71. The molecule has 0 aromatic heterocycles. The zero-order chi connectivity index (χ0) is 45.1. The maximum Gasteiger partial charge on any atom is 0.306 e. The Balaban J connectivity index is 4.35. The summed E-state index contributed by atoms with van der Waals surface area (Å²) in [6, 6.07) is 0. The minimum atomic E-state index is -0.782. The fourth-order valence-corrected chi connectivity index (χ4v) is 7.47. The van der Waals surface area contributed by atoms with E-state index in [-0.39, 0.29) is 31.1 Å². The zero-order valence-corrected chi connectivity index (χ0v) is 41.1. The molecule has 0 rings (SSSR count). The first kappa shape index (κ1) is 59.4. The number of carbonyl (C=O) groups is 3. The predicted octanol–water partition coefficient (Wildman–Crippen LogP) is 17.5. The van der Waals surface area contributed by atoms with E-state index >= 15 is 0 Å². The van der Waals surface area contributed by atoms with Gasteiger partial charge < -0.3 is 14.2 Å². The van der Waals surface area contributed by atoms with Crippen LogP contribution >= 0.6 is 0 Å². The van der Waals surface area contributed by atoms with Crippen LogP contribution in [0.25, 0.3) is 0 Å². The first-order chi connectivity index (χ1) is 30.5. The summed E-state index contributed by atoms with van der Waals surface area (Å²) in [4.78, 5) is 37.9. The Hall–Kier alpha value is -2.63. The quantitative estimate of drug-likeness (QED) is 0.0262. The van der Waals surface area contributed by atoms with E-state index in [1.807, 2.05) is 0 Å². The molecule has 0 radical (unpaired) electrons. The molecule has 0 saturated heterocycles. The molecule has 0 amide bonds. The molecule has 1 unspecified atom stereocenters. The van der Waals surface area contributed by atoms with Gasteiger partial charge in [0.15, 0.2) is 6.10 Å². The summed E-state index contributed by atoms with van der Waals surface area (Å²) < 4.78 is 16.8. The predicted molar refractivity (Wildman–Crippen MR) is 265 cm³/mol. The molecular formula is C56H100O6. The molecule has 0 heterocycles. The van der Waals surface area contributed by atoms with Crippen LogP contribution in [0.4, 0.5) is 0 Å². The van der Waals surface area contributed by atoms with Crippen molar-refractivity contribution in [1.82, 2.24) is 0 Å². The van der Waals surface area contributed by atoms with Gasteiger partial charge in [-0.2, -0.15) is 0 Å². The van der Waals surface area contributed by atoms with Gasteiger partial charge in [0.1, 0.15) is 13.2 Å². The van der Waals surface area contributed by atoms with Gasteiger partial charge in [-0.05, 0) is 96.3 Å². The Morgan fingerprint density at radius 2 is 0.613 bits per heavy atom. The van der Waals surface area contributed by atoms with Gasteiger partial charge in [0.25, 0.3) is 0 Å². The largest absolute Gasteiger partial charge is 0.462 e. The van der Waals surface area contributed by atoms with E-state index in [9.17, 15) is 14.4 Å². The molecule has 0 aromatic rings. The second-order valence-electron chi connectivity index (χ2n) is 17.8. The van der Waals surface area contributed by atoms with E-state index in [0.717, 1.165) is 96.3 Å². The first-order valence-electron chi connectivity index (χ1n) is 26.6. The van der Waals surface area contributed by atoms with Gasteiger partial charge in [-0.3, -0.25) is 14.4 Å². The summed E-state index contributed by atoms with van der Waals surface area (Å²) in [7, 11) is 0. The smallest absolute Gasteiger partial charge is 0.306 e. The van der Waals surface area contributed by atoms with Crippen LogP contribution in [0.2, 0.25) is 0 Å². The Labute approximate surface area is 384 Å². The SMILES string of the molecule is CCC/C=C\CCCCCCCC(=O)OCC(COC(=O)CCCCCCCCC/C=C\C/C=C\CCCCCC)OC(=O)CCCCCCC/C=C\CCCCCCCCC. The Morgan fingerprint density at radius 1 is 0.323 bits per heavy atom. The molecule has 0 N–H and O–H groups in total. The standard InChI is InChI=1S/C56H100O6/c1-4-7-10-13-16-19-22-24-26-28-29-31-32-34-37-40-43-46-49-55(58)61-52-53(51-60-54(57)48-45-42-39-36-21-18-15-12-9-6-3)62-56(59)50-47-44-41-38-35-33-30-27-25-23-20-17-14-11-8-5-2/h12,15,19,22,26-28,30,53H,4-11,13-14,16-18,20-21,23-25,29,31-52H2,1-3H3/b15-12-,22-19-,28-26-,30-27-. The third-order valence-corrected chi connectivity index (χ3v) is 11.5. The van der Waals surface area contributed by atoms with Crippen molar-refractivity contribution in [3.63, 3.8) is 0 Å². The molecule has 0 aromatic carbocycles. The lowest BCUT2D eigenvalue weighted by atomic mass is 10.1. The molecule has 6 nitrogen and oxygen atoms in total. The highest BCUT2D eigenvalue weighted by atomic mass is 16.6. The van der Waals surface area contributed by atoms with E-state index in [1.165, 1.54) is 135 Å². The number of hydrogen-bond donors (Lipinski definition) is 0. The number of esters is 3. The van der Waals surface area contributed by atoms with Gasteiger partial charge in [-0.15, -0.1) is 0 Å². The maximum absolute atomic E-state index is 12.8. The van der Waals surface area contributed by atoms with E-state index < -0.39 is 6.10 Å². The number of ether oxygens (including phenoxy) is 3. The van der Waals surface area contributed by atoms with Crippen molar-refractivity contribution in [2.45, 2.75) is 277 Å². The molecule has 0 aliphatic rings.